The summed E-state index contributed by atoms with van der Waals surface area (Å²) in [6.07, 6.45) is 12.4. The number of nitrogens with zero attached hydrogens (tertiary/aromatic N) is 3. The van der Waals surface area contributed by atoms with Crippen LogP contribution in [0.2, 0.25) is 0 Å². The lowest BCUT2D eigenvalue weighted by Crippen LogP contribution is -2.29. The number of amides is 1. The van der Waals surface area contributed by atoms with Crippen LogP contribution in [0.3, 0.4) is 0 Å². The Bertz CT molecular complexity index is 952. The predicted octanol–water partition coefficient (Wildman–Crippen LogP) is 3.11. The first-order valence-corrected chi connectivity index (χ1v) is 8.87. The summed E-state index contributed by atoms with van der Waals surface area (Å²) in [5, 5.41) is 0.945. The number of H-pyrrole nitrogens is 1. The maximum absolute atomic E-state index is 11.0. The van der Waals surface area contributed by atoms with E-state index in [-0.39, 0.29) is 0 Å². The maximum atomic E-state index is 11.0. The zero-order valence-electron chi connectivity index (χ0n) is 14.5. The predicted molar refractivity (Wildman–Crippen MR) is 104 cm³/mol. The van der Waals surface area contributed by atoms with E-state index in [0.717, 1.165) is 46.6 Å². The molecule has 0 unspecified atom stereocenters. The number of anilines is 1. The molecule has 6 heteroatoms. The van der Waals surface area contributed by atoms with Crippen LogP contribution >= 0.6 is 0 Å². The number of pyridine rings is 2. The van der Waals surface area contributed by atoms with Crippen molar-refractivity contribution in [1.29, 1.82) is 0 Å². The van der Waals surface area contributed by atoms with Crippen LogP contribution in [-0.4, -0.2) is 33.9 Å². The average molecular weight is 347 g/mol. The zero-order chi connectivity index (χ0) is 17.9. The molecule has 1 fully saturated rings. The highest BCUT2D eigenvalue weighted by Crippen LogP contribution is 2.26. The SMILES string of the molecule is NC(=O)C=Cc1c[nH]c2ncc(-c3ccc(N4CCCCC4)nc3)cc12. The van der Waals surface area contributed by atoms with Crippen LogP contribution in [0, 0.1) is 0 Å². The van der Waals surface area contributed by atoms with E-state index in [0.29, 0.717) is 0 Å². The topological polar surface area (TPSA) is 87.9 Å². The molecule has 0 bridgehead atoms. The van der Waals surface area contributed by atoms with Crippen LogP contribution in [0.25, 0.3) is 28.2 Å². The van der Waals surface area contributed by atoms with Crippen molar-refractivity contribution in [2.24, 2.45) is 5.73 Å². The molecule has 6 nitrogen and oxygen atoms in total. The number of nitrogens with one attached hydrogen (secondary N) is 1. The number of nitrogens with two attached hydrogens (primary N) is 1. The number of hydrogen-bond acceptors (Lipinski definition) is 4. The van der Waals surface area contributed by atoms with Gasteiger partial charge in [0.05, 0.1) is 0 Å². The third-order valence-electron chi connectivity index (χ3n) is 4.75. The highest BCUT2D eigenvalue weighted by Gasteiger charge is 2.12. The monoisotopic (exact) mass is 347 g/mol. The van der Waals surface area contributed by atoms with Gasteiger partial charge in [-0.3, -0.25) is 4.79 Å². The molecular weight excluding hydrogens is 326 g/mol. The molecule has 0 aromatic carbocycles. The van der Waals surface area contributed by atoms with Gasteiger partial charge in [0, 0.05) is 59.8 Å². The van der Waals surface area contributed by atoms with Gasteiger partial charge in [-0.25, -0.2) is 9.97 Å². The highest BCUT2D eigenvalue weighted by molar-refractivity contribution is 5.95. The lowest BCUT2D eigenvalue weighted by molar-refractivity contribution is -0.113. The maximum Gasteiger partial charge on any atom is 0.241 e. The van der Waals surface area contributed by atoms with E-state index in [1.54, 1.807) is 6.08 Å². The van der Waals surface area contributed by atoms with Crippen LogP contribution in [0.4, 0.5) is 5.82 Å². The molecule has 1 aliphatic rings. The molecule has 0 atom stereocenters. The van der Waals surface area contributed by atoms with Crippen LogP contribution < -0.4 is 10.6 Å². The first-order valence-electron chi connectivity index (χ1n) is 8.87. The summed E-state index contributed by atoms with van der Waals surface area (Å²) in [5.41, 5.74) is 8.85. The minimum Gasteiger partial charge on any atom is -0.366 e. The second-order valence-corrected chi connectivity index (χ2v) is 6.55. The lowest BCUT2D eigenvalue weighted by atomic mass is 10.1. The minimum absolute atomic E-state index is 0.471. The second-order valence-electron chi connectivity index (χ2n) is 6.55. The van der Waals surface area contributed by atoms with Gasteiger partial charge < -0.3 is 15.6 Å². The standard InChI is InChI=1S/C20H21N5O/c21-18(26)6-4-15-12-23-20-17(15)10-16(13-24-20)14-5-7-19(22-11-14)25-8-2-1-3-9-25/h4-7,10-13H,1-3,8-9H2,(H2,21,26)(H,23,24). The van der Waals surface area contributed by atoms with Gasteiger partial charge in [-0.15, -0.1) is 0 Å². The van der Waals surface area contributed by atoms with Gasteiger partial charge in [0.25, 0.3) is 0 Å². The van der Waals surface area contributed by atoms with E-state index in [1.807, 2.05) is 18.6 Å². The van der Waals surface area contributed by atoms with Gasteiger partial charge in [0.15, 0.2) is 0 Å². The summed E-state index contributed by atoms with van der Waals surface area (Å²) in [7, 11) is 0. The Kier molecular flexibility index (Phi) is 4.39. The molecule has 0 aliphatic carbocycles. The summed E-state index contributed by atoms with van der Waals surface area (Å²) in [6.45, 7) is 2.16. The fourth-order valence-corrected chi connectivity index (χ4v) is 3.36. The molecule has 132 valence electrons. The number of carbonyl (C=O) groups excluding carboxylic acids is 1. The summed E-state index contributed by atoms with van der Waals surface area (Å²) >= 11 is 0. The van der Waals surface area contributed by atoms with Gasteiger partial charge >= 0.3 is 0 Å². The Balaban J connectivity index is 1.63. The number of aromatic nitrogens is 3. The van der Waals surface area contributed by atoms with E-state index >= 15 is 0 Å². The van der Waals surface area contributed by atoms with Gasteiger partial charge in [0.1, 0.15) is 11.5 Å². The highest BCUT2D eigenvalue weighted by atomic mass is 16.1. The van der Waals surface area contributed by atoms with Gasteiger partial charge in [-0.1, -0.05) is 0 Å². The molecule has 1 saturated heterocycles. The van der Waals surface area contributed by atoms with Crippen LogP contribution in [0.1, 0.15) is 24.8 Å². The molecule has 3 aromatic heterocycles. The van der Waals surface area contributed by atoms with Gasteiger partial charge in [0.2, 0.25) is 5.91 Å². The summed E-state index contributed by atoms with van der Waals surface area (Å²) in [4.78, 5) is 25.5. The molecule has 4 heterocycles. The smallest absolute Gasteiger partial charge is 0.241 e. The molecule has 4 rings (SSSR count). The summed E-state index contributed by atoms with van der Waals surface area (Å²) in [6, 6.07) is 6.22. The van der Waals surface area contributed by atoms with Crippen LogP contribution in [0.15, 0.2) is 42.9 Å². The molecule has 3 N–H and O–H groups in total. The van der Waals surface area contributed by atoms with Crippen molar-refractivity contribution < 1.29 is 4.79 Å². The summed E-state index contributed by atoms with van der Waals surface area (Å²) in [5.74, 6) is 0.565. The Morgan fingerprint density at radius 3 is 2.65 bits per heavy atom. The Morgan fingerprint density at radius 2 is 1.92 bits per heavy atom. The number of rotatable bonds is 4. The first-order chi connectivity index (χ1) is 12.7. The molecule has 0 saturated carbocycles. The number of primary amides is 1. The van der Waals surface area contributed by atoms with Crippen molar-refractivity contribution >= 4 is 28.8 Å². The quantitative estimate of drug-likeness (QED) is 0.710. The van der Waals surface area contributed by atoms with Crippen molar-refractivity contribution in [2.45, 2.75) is 19.3 Å². The molecule has 0 radical (unpaired) electrons. The summed E-state index contributed by atoms with van der Waals surface area (Å²) < 4.78 is 0. The van der Waals surface area contributed by atoms with E-state index < -0.39 is 5.91 Å². The Hall–Kier alpha value is -3.15. The molecular formula is C20H21N5O. The second kappa shape index (κ2) is 7.00. The van der Waals surface area contributed by atoms with Crippen molar-refractivity contribution in [3.8, 4) is 11.1 Å². The van der Waals surface area contributed by atoms with Crippen molar-refractivity contribution in [3.63, 3.8) is 0 Å². The van der Waals surface area contributed by atoms with Gasteiger partial charge in [-0.2, -0.15) is 0 Å². The number of piperidine rings is 1. The van der Waals surface area contributed by atoms with E-state index in [2.05, 4.69) is 38.1 Å². The van der Waals surface area contributed by atoms with Crippen LogP contribution in [0.5, 0.6) is 0 Å². The van der Waals surface area contributed by atoms with E-state index in [4.69, 9.17) is 5.73 Å². The number of carbonyl (C=O) groups is 1. The average Bonchev–Trinajstić information content (AvgIpc) is 3.09. The molecule has 1 aliphatic heterocycles. The number of aromatic amines is 1. The van der Waals surface area contributed by atoms with Crippen molar-refractivity contribution in [3.05, 3.63) is 48.4 Å². The minimum atomic E-state index is -0.471. The number of hydrogen-bond donors (Lipinski definition) is 2. The molecule has 0 spiro atoms. The molecule has 26 heavy (non-hydrogen) atoms. The van der Waals surface area contributed by atoms with E-state index in [9.17, 15) is 4.79 Å². The lowest BCUT2D eigenvalue weighted by Gasteiger charge is -2.27. The largest absolute Gasteiger partial charge is 0.366 e. The normalized spacial score (nSPS) is 15.0. The fraction of sp³-hybridized carbons (Fsp3) is 0.250. The third-order valence-corrected chi connectivity index (χ3v) is 4.75. The Labute approximate surface area is 151 Å². The van der Waals surface area contributed by atoms with Gasteiger partial charge in [-0.05, 0) is 43.5 Å². The zero-order valence-corrected chi connectivity index (χ0v) is 14.5. The van der Waals surface area contributed by atoms with Crippen molar-refractivity contribution in [2.75, 3.05) is 18.0 Å². The molecule has 3 aromatic rings. The third kappa shape index (κ3) is 3.31. The number of fused-ring (bicyclic) bond motifs is 1. The fourth-order valence-electron chi connectivity index (χ4n) is 3.36. The molecule has 1 amide bonds. The first kappa shape index (κ1) is 16.3. The van der Waals surface area contributed by atoms with Crippen LogP contribution in [-0.2, 0) is 4.79 Å². The van der Waals surface area contributed by atoms with E-state index in [1.165, 1.54) is 25.3 Å². The Morgan fingerprint density at radius 1 is 1.12 bits per heavy atom. The van der Waals surface area contributed by atoms with Crippen molar-refractivity contribution in [1.82, 2.24) is 15.0 Å².